The second kappa shape index (κ2) is 8.48. The fraction of sp³-hybridized carbons (Fsp3) is 0.929. The lowest BCUT2D eigenvalue weighted by molar-refractivity contribution is -0.151. The standard InChI is InChI=1S/C14H29NO3/c1-7-18-13(16)14(6,15-12(4)5)8-9-17-10-11(2)3/h11-12,15H,7-10H2,1-6H3. The number of carbonyl (C=O) groups is 1. The van der Waals surface area contributed by atoms with Crippen LogP contribution in [0.2, 0.25) is 0 Å². The van der Waals surface area contributed by atoms with Crippen LogP contribution in [0, 0.1) is 5.92 Å². The molecule has 0 rings (SSSR count). The van der Waals surface area contributed by atoms with E-state index in [-0.39, 0.29) is 12.0 Å². The number of rotatable bonds is 9. The van der Waals surface area contributed by atoms with E-state index in [1.165, 1.54) is 0 Å². The van der Waals surface area contributed by atoms with Gasteiger partial charge in [0.25, 0.3) is 0 Å². The zero-order chi connectivity index (χ0) is 14.2. The second-order valence-electron chi connectivity index (χ2n) is 5.57. The van der Waals surface area contributed by atoms with Gasteiger partial charge in [-0.3, -0.25) is 10.1 Å². The minimum absolute atomic E-state index is 0.202. The summed E-state index contributed by atoms with van der Waals surface area (Å²) in [6, 6.07) is 0.226. The average molecular weight is 259 g/mol. The van der Waals surface area contributed by atoms with Gasteiger partial charge in [0.05, 0.1) is 6.61 Å². The molecule has 0 aliphatic rings. The summed E-state index contributed by atoms with van der Waals surface area (Å²) in [5.41, 5.74) is -0.666. The largest absolute Gasteiger partial charge is 0.465 e. The molecule has 0 fully saturated rings. The minimum atomic E-state index is -0.666. The lowest BCUT2D eigenvalue weighted by Crippen LogP contribution is -2.53. The van der Waals surface area contributed by atoms with E-state index in [1.54, 1.807) is 0 Å². The zero-order valence-electron chi connectivity index (χ0n) is 12.7. The quantitative estimate of drug-likeness (QED) is 0.510. The van der Waals surface area contributed by atoms with Gasteiger partial charge in [-0.05, 0) is 40.0 Å². The van der Waals surface area contributed by atoms with Crippen LogP contribution in [0.5, 0.6) is 0 Å². The van der Waals surface area contributed by atoms with Crippen molar-refractivity contribution >= 4 is 5.97 Å². The Balaban J connectivity index is 4.33. The van der Waals surface area contributed by atoms with Crippen LogP contribution < -0.4 is 5.32 Å². The third-order valence-corrected chi connectivity index (χ3v) is 2.53. The summed E-state index contributed by atoms with van der Waals surface area (Å²) in [6.07, 6.45) is 0.622. The molecule has 0 saturated heterocycles. The first-order chi connectivity index (χ1) is 8.31. The van der Waals surface area contributed by atoms with E-state index < -0.39 is 5.54 Å². The van der Waals surface area contributed by atoms with Crippen molar-refractivity contribution < 1.29 is 14.3 Å². The summed E-state index contributed by atoms with van der Waals surface area (Å²) < 4.78 is 10.7. The lowest BCUT2D eigenvalue weighted by atomic mass is 9.97. The molecule has 1 N–H and O–H groups in total. The highest BCUT2D eigenvalue weighted by molar-refractivity contribution is 5.80. The number of hydrogen-bond acceptors (Lipinski definition) is 4. The van der Waals surface area contributed by atoms with Crippen molar-refractivity contribution in [2.45, 2.75) is 59.5 Å². The van der Waals surface area contributed by atoms with Crippen molar-refractivity contribution in [2.24, 2.45) is 5.92 Å². The fourth-order valence-corrected chi connectivity index (χ4v) is 1.76. The van der Waals surface area contributed by atoms with Crippen LogP contribution in [0.3, 0.4) is 0 Å². The molecule has 4 nitrogen and oxygen atoms in total. The smallest absolute Gasteiger partial charge is 0.326 e. The van der Waals surface area contributed by atoms with Crippen molar-refractivity contribution in [1.29, 1.82) is 0 Å². The molecule has 1 unspecified atom stereocenters. The Hall–Kier alpha value is -0.610. The molecule has 18 heavy (non-hydrogen) atoms. The van der Waals surface area contributed by atoms with Gasteiger partial charge in [-0.1, -0.05) is 13.8 Å². The summed E-state index contributed by atoms with van der Waals surface area (Å²) in [5.74, 6) is 0.309. The van der Waals surface area contributed by atoms with Gasteiger partial charge < -0.3 is 9.47 Å². The van der Waals surface area contributed by atoms with Crippen molar-refractivity contribution in [1.82, 2.24) is 5.32 Å². The SMILES string of the molecule is CCOC(=O)C(C)(CCOCC(C)C)NC(C)C. The van der Waals surface area contributed by atoms with E-state index in [2.05, 4.69) is 19.2 Å². The van der Waals surface area contributed by atoms with Crippen molar-refractivity contribution in [3.05, 3.63) is 0 Å². The molecule has 108 valence electrons. The van der Waals surface area contributed by atoms with Crippen LogP contribution in [0.15, 0.2) is 0 Å². The maximum absolute atomic E-state index is 12.0. The van der Waals surface area contributed by atoms with Crippen LogP contribution in [0.1, 0.15) is 48.0 Å². The molecule has 0 radical (unpaired) electrons. The Morgan fingerprint density at radius 1 is 1.28 bits per heavy atom. The van der Waals surface area contributed by atoms with Gasteiger partial charge >= 0.3 is 5.97 Å². The van der Waals surface area contributed by atoms with Gasteiger partial charge in [-0.25, -0.2) is 0 Å². The van der Waals surface area contributed by atoms with Gasteiger partial charge in [0.15, 0.2) is 0 Å². The predicted octanol–water partition coefficient (Wildman–Crippen LogP) is 2.37. The van der Waals surface area contributed by atoms with E-state index in [0.29, 0.717) is 25.6 Å². The van der Waals surface area contributed by atoms with Gasteiger partial charge in [-0.2, -0.15) is 0 Å². The molecule has 0 aromatic carbocycles. The van der Waals surface area contributed by atoms with Crippen LogP contribution >= 0.6 is 0 Å². The molecule has 4 heteroatoms. The molecule has 0 saturated carbocycles. The minimum Gasteiger partial charge on any atom is -0.465 e. The lowest BCUT2D eigenvalue weighted by Gasteiger charge is -2.30. The van der Waals surface area contributed by atoms with Crippen LogP contribution in [0.4, 0.5) is 0 Å². The van der Waals surface area contributed by atoms with Crippen LogP contribution in [-0.4, -0.2) is 37.4 Å². The van der Waals surface area contributed by atoms with E-state index in [9.17, 15) is 4.79 Å². The van der Waals surface area contributed by atoms with Gasteiger partial charge in [0, 0.05) is 19.3 Å². The molecule has 0 bridgehead atoms. The van der Waals surface area contributed by atoms with Crippen molar-refractivity contribution in [3.8, 4) is 0 Å². The monoisotopic (exact) mass is 259 g/mol. The third-order valence-electron chi connectivity index (χ3n) is 2.53. The van der Waals surface area contributed by atoms with Crippen LogP contribution in [0.25, 0.3) is 0 Å². The summed E-state index contributed by atoms with van der Waals surface area (Å²) >= 11 is 0. The first kappa shape index (κ1) is 17.4. The maximum atomic E-state index is 12.0. The predicted molar refractivity (Wildman–Crippen MR) is 73.6 cm³/mol. The summed E-state index contributed by atoms with van der Waals surface area (Å²) in [4.78, 5) is 12.0. The number of hydrogen-bond donors (Lipinski definition) is 1. The molecular weight excluding hydrogens is 230 g/mol. The Bertz CT molecular complexity index is 241. The van der Waals surface area contributed by atoms with Crippen molar-refractivity contribution in [3.63, 3.8) is 0 Å². The maximum Gasteiger partial charge on any atom is 0.326 e. The Labute approximate surface area is 111 Å². The second-order valence-corrected chi connectivity index (χ2v) is 5.57. The topological polar surface area (TPSA) is 47.6 Å². The number of esters is 1. The average Bonchev–Trinajstić information content (AvgIpc) is 2.23. The molecule has 0 heterocycles. The van der Waals surface area contributed by atoms with Crippen LogP contribution in [-0.2, 0) is 14.3 Å². The number of ether oxygens (including phenoxy) is 2. The highest BCUT2D eigenvalue weighted by Crippen LogP contribution is 2.14. The molecule has 0 aromatic rings. The summed E-state index contributed by atoms with van der Waals surface area (Å²) in [7, 11) is 0. The van der Waals surface area contributed by atoms with E-state index in [1.807, 2.05) is 27.7 Å². The summed E-state index contributed by atoms with van der Waals surface area (Å²) in [5, 5.41) is 3.27. The van der Waals surface area contributed by atoms with Gasteiger partial charge in [-0.15, -0.1) is 0 Å². The number of carbonyl (C=O) groups excluding carboxylic acids is 1. The molecule has 0 amide bonds. The molecule has 0 aliphatic carbocycles. The van der Waals surface area contributed by atoms with Gasteiger partial charge in [0.2, 0.25) is 0 Å². The fourth-order valence-electron chi connectivity index (χ4n) is 1.76. The van der Waals surface area contributed by atoms with E-state index in [0.717, 1.165) is 6.61 Å². The number of nitrogens with one attached hydrogen (secondary N) is 1. The first-order valence-electron chi connectivity index (χ1n) is 6.84. The van der Waals surface area contributed by atoms with Crippen molar-refractivity contribution in [2.75, 3.05) is 19.8 Å². The molecule has 0 spiro atoms. The highest BCUT2D eigenvalue weighted by Gasteiger charge is 2.34. The highest BCUT2D eigenvalue weighted by atomic mass is 16.5. The van der Waals surface area contributed by atoms with E-state index in [4.69, 9.17) is 9.47 Å². The Morgan fingerprint density at radius 3 is 2.33 bits per heavy atom. The first-order valence-corrected chi connectivity index (χ1v) is 6.84. The van der Waals surface area contributed by atoms with Gasteiger partial charge in [0.1, 0.15) is 5.54 Å². The molecule has 0 aliphatic heterocycles. The third kappa shape index (κ3) is 6.97. The normalized spacial score (nSPS) is 14.9. The Morgan fingerprint density at radius 2 is 1.89 bits per heavy atom. The Kier molecular flexibility index (Phi) is 8.20. The molecule has 1 atom stereocenters. The van der Waals surface area contributed by atoms with E-state index >= 15 is 0 Å². The summed E-state index contributed by atoms with van der Waals surface area (Å²) in [6.45, 7) is 13.6. The molecule has 0 aromatic heterocycles. The zero-order valence-corrected chi connectivity index (χ0v) is 12.7. The molecular formula is C14H29NO3.